The average Bonchev–Trinajstić information content (AvgIpc) is 3.44. The number of β-amino-alcohol motifs (C(OH)–C–C–N with tert-alkyl or cyclic N) is 1. The van der Waals surface area contributed by atoms with Crippen molar-refractivity contribution in [2.24, 2.45) is 5.73 Å². The molecule has 174 valence electrons. The van der Waals surface area contributed by atoms with E-state index < -0.39 is 17.1 Å². The van der Waals surface area contributed by atoms with E-state index in [0.717, 1.165) is 0 Å². The van der Waals surface area contributed by atoms with Gasteiger partial charge in [0, 0.05) is 54.9 Å². The number of H-pyrrole nitrogens is 1. The van der Waals surface area contributed by atoms with E-state index in [9.17, 15) is 18.7 Å². The number of nitrogens with one attached hydrogen (secondary N) is 2. The van der Waals surface area contributed by atoms with Crippen molar-refractivity contribution in [2.75, 3.05) is 29.9 Å². The van der Waals surface area contributed by atoms with E-state index in [4.69, 9.17) is 17.3 Å². The van der Waals surface area contributed by atoms with Crippen LogP contribution >= 0.6 is 11.6 Å². The number of amides is 1. The van der Waals surface area contributed by atoms with E-state index in [1.807, 2.05) is 4.90 Å². The van der Waals surface area contributed by atoms with Crippen LogP contribution in [0.1, 0.15) is 16.8 Å². The van der Waals surface area contributed by atoms with E-state index in [2.05, 4.69) is 25.2 Å². The van der Waals surface area contributed by atoms with Gasteiger partial charge in [-0.25, -0.2) is 4.98 Å². The van der Waals surface area contributed by atoms with Gasteiger partial charge in [0.25, 0.3) is 5.91 Å². The SMILES string of the molecule is NCC1(O)CCN(c2ncc(C(=O)Nc3ccc(OC(F)(F)Cl)cc3)cc2-c2ccn[nH]2)C1. The molecule has 2 aromatic heterocycles. The molecule has 1 aliphatic heterocycles. The molecule has 0 radical (unpaired) electrons. The van der Waals surface area contributed by atoms with Crippen molar-refractivity contribution in [1.82, 2.24) is 15.2 Å². The first-order valence-electron chi connectivity index (χ1n) is 10.0. The highest BCUT2D eigenvalue weighted by Crippen LogP contribution is 2.33. The van der Waals surface area contributed by atoms with Crippen molar-refractivity contribution < 1.29 is 23.4 Å². The average molecular weight is 479 g/mol. The van der Waals surface area contributed by atoms with Crippen molar-refractivity contribution in [3.63, 3.8) is 0 Å². The number of rotatable bonds is 7. The molecule has 9 nitrogen and oxygen atoms in total. The summed E-state index contributed by atoms with van der Waals surface area (Å²) in [6.07, 6.45) is 3.52. The Hall–Kier alpha value is -3.28. The number of nitrogens with two attached hydrogens (primary N) is 1. The number of carbonyl (C=O) groups excluding carboxylic acids is 1. The Labute approximate surface area is 192 Å². The van der Waals surface area contributed by atoms with Gasteiger partial charge in [-0.05, 0) is 42.8 Å². The molecule has 3 aromatic rings. The van der Waals surface area contributed by atoms with Gasteiger partial charge < -0.3 is 25.8 Å². The van der Waals surface area contributed by atoms with Gasteiger partial charge in [-0.2, -0.15) is 5.10 Å². The highest BCUT2D eigenvalue weighted by atomic mass is 35.5. The molecule has 1 unspecified atom stereocenters. The number of anilines is 2. The fourth-order valence-electron chi connectivity index (χ4n) is 3.58. The zero-order valence-corrected chi connectivity index (χ0v) is 18.0. The third kappa shape index (κ3) is 5.38. The summed E-state index contributed by atoms with van der Waals surface area (Å²) in [5, 5.41) is 20.0. The van der Waals surface area contributed by atoms with Crippen LogP contribution in [0.15, 0.2) is 48.8 Å². The largest absolute Gasteiger partial charge is 0.487 e. The highest BCUT2D eigenvalue weighted by molar-refractivity contribution is 6.20. The smallest absolute Gasteiger partial charge is 0.420 e. The van der Waals surface area contributed by atoms with Gasteiger partial charge in [-0.3, -0.25) is 9.89 Å². The number of hydrogen-bond acceptors (Lipinski definition) is 7. The van der Waals surface area contributed by atoms with Crippen LogP contribution in [0.2, 0.25) is 0 Å². The molecule has 12 heteroatoms. The number of nitrogens with zero attached hydrogens (tertiary/aromatic N) is 3. The molecule has 1 aliphatic rings. The summed E-state index contributed by atoms with van der Waals surface area (Å²) in [6, 6.07) is 8.75. The minimum Gasteiger partial charge on any atom is -0.420 e. The Morgan fingerprint density at radius 2 is 2.12 bits per heavy atom. The molecule has 4 rings (SSSR count). The van der Waals surface area contributed by atoms with Crippen LogP contribution in [0.5, 0.6) is 5.75 Å². The number of hydrogen-bond donors (Lipinski definition) is 4. The third-order valence-corrected chi connectivity index (χ3v) is 5.35. The normalized spacial score (nSPS) is 18.4. The van der Waals surface area contributed by atoms with E-state index in [-0.39, 0.29) is 17.9 Å². The van der Waals surface area contributed by atoms with Crippen LogP contribution in [-0.2, 0) is 0 Å². The summed E-state index contributed by atoms with van der Waals surface area (Å²) in [7, 11) is 0. The summed E-state index contributed by atoms with van der Waals surface area (Å²) in [4.78, 5) is 19.2. The minimum absolute atomic E-state index is 0.135. The quantitative estimate of drug-likeness (QED) is 0.384. The second-order valence-electron chi connectivity index (χ2n) is 7.69. The standard InChI is InChI=1S/C21H21ClF2N6O3/c22-21(23,24)33-15-3-1-14(2-4-15)28-19(31)13-9-16(17-5-7-27-29-17)18(26-10-13)30-8-6-20(32,11-25)12-30/h1-5,7,9-10,32H,6,8,11-12,25H2,(H,27,29)(H,28,31). The third-order valence-electron chi connectivity index (χ3n) is 5.28. The van der Waals surface area contributed by atoms with Crippen molar-refractivity contribution in [2.45, 2.75) is 17.6 Å². The van der Waals surface area contributed by atoms with Crippen molar-refractivity contribution >= 4 is 29.0 Å². The molecule has 0 bridgehead atoms. The Bertz CT molecular complexity index is 1120. The molecule has 0 aliphatic carbocycles. The number of aliphatic hydroxyl groups is 1. The van der Waals surface area contributed by atoms with Gasteiger partial charge in [-0.15, -0.1) is 8.78 Å². The molecule has 1 amide bonds. The number of benzene rings is 1. The van der Waals surface area contributed by atoms with Crippen molar-refractivity contribution in [1.29, 1.82) is 0 Å². The van der Waals surface area contributed by atoms with Gasteiger partial charge in [-0.1, -0.05) is 0 Å². The molecule has 0 spiro atoms. The lowest BCUT2D eigenvalue weighted by atomic mass is 10.0. The molecule has 5 N–H and O–H groups in total. The van der Waals surface area contributed by atoms with Crippen LogP contribution in [-0.4, -0.2) is 57.0 Å². The maximum absolute atomic E-state index is 12.8. The van der Waals surface area contributed by atoms with Gasteiger partial charge in [0.1, 0.15) is 11.6 Å². The monoisotopic (exact) mass is 478 g/mol. The molecule has 0 saturated carbocycles. The number of pyridine rings is 1. The van der Waals surface area contributed by atoms with Gasteiger partial charge in [0.2, 0.25) is 0 Å². The lowest BCUT2D eigenvalue weighted by Crippen LogP contribution is -2.40. The Balaban J connectivity index is 1.56. The van der Waals surface area contributed by atoms with E-state index in [1.54, 1.807) is 18.3 Å². The minimum atomic E-state index is -3.82. The predicted octanol–water partition coefficient (Wildman–Crippen LogP) is 2.79. The molecule has 1 aromatic carbocycles. The predicted molar refractivity (Wildman–Crippen MR) is 118 cm³/mol. The van der Waals surface area contributed by atoms with Gasteiger partial charge in [0.05, 0.1) is 16.9 Å². The van der Waals surface area contributed by atoms with Crippen LogP contribution in [0.3, 0.4) is 0 Å². The molecule has 1 fully saturated rings. The maximum atomic E-state index is 12.8. The molecule has 33 heavy (non-hydrogen) atoms. The number of aromatic amines is 1. The van der Waals surface area contributed by atoms with E-state index in [0.29, 0.717) is 42.3 Å². The second-order valence-corrected chi connectivity index (χ2v) is 8.13. The summed E-state index contributed by atoms with van der Waals surface area (Å²) in [6.45, 7) is 1.01. The lowest BCUT2D eigenvalue weighted by molar-refractivity contribution is -0.0964. The van der Waals surface area contributed by atoms with Crippen LogP contribution in [0, 0.1) is 0 Å². The first-order chi connectivity index (χ1) is 15.7. The molecule has 1 saturated heterocycles. The summed E-state index contributed by atoms with van der Waals surface area (Å²) in [5.41, 5.74) is 2.80. The topological polar surface area (TPSA) is 129 Å². The first-order valence-corrected chi connectivity index (χ1v) is 10.4. The fourth-order valence-corrected chi connectivity index (χ4v) is 3.67. The zero-order chi connectivity index (χ0) is 23.6. The molecule has 1 atom stereocenters. The number of halogens is 3. The summed E-state index contributed by atoms with van der Waals surface area (Å²) in [5.74, 6) is -0.0154. The van der Waals surface area contributed by atoms with Gasteiger partial charge in [0.15, 0.2) is 0 Å². The first kappa shape index (κ1) is 22.9. The fraction of sp³-hybridized carbons (Fsp3) is 0.286. The number of alkyl halides is 3. The van der Waals surface area contributed by atoms with Crippen LogP contribution < -0.4 is 20.7 Å². The lowest BCUT2D eigenvalue weighted by Gasteiger charge is -2.24. The van der Waals surface area contributed by atoms with Crippen molar-refractivity contribution in [3.8, 4) is 17.0 Å². The van der Waals surface area contributed by atoms with Crippen LogP contribution in [0.4, 0.5) is 20.3 Å². The summed E-state index contributed by atoms with van der Waals surface area (Å²) < 4.78 is 29.7. The Morgan fingerprint density at radius 1 is 1.36 bits per heavy atom. The summed E-state index contributed by atoms with van der Waals surface area (Å²) >= 11 is 4.75. The number of aromatic nitrogens is 3. The van der Waals surface area contributed by atoms with E-state index >= 15 is 0 Å². The van der Waals surface area contributed by atoms with E-state index in [1.165, 1.54) is 30.5 Å². The van der Waals surface area contributed by atoms with Crippen LogP contribution in [0.25, 0.3) is 11.3 Å². The molecular formula is C21H21ClF2N6O3. The number of ether oxygens (including phenoxy) is 1. The number of carbonyl (C=O) groups is 1. The molecule has 3 heterocycles. The zero-order valence-electron chi connectivity index (χ0n) is 17.3. The Kier molecular flexibility index (Phi) is 6.19. The second kappa shape index (κ2) is 8.93. The van der Waals surface area contributed by atoms with Crippen molar-refractivity contribution in [3.05, 3.63) is 54.4 Å². The highest BCUT2D eigenvalue weighted by Gasteiger charge is 2.36. The molecular weight excluding hydrogens is 458 g/mol. The Morgan fingerprint density at radius 3 is 2.73 bits per heavy atom. The van der Waals surface area contributed by atoms with Gasteiger partial charge >= 0.3 is 5.57 Å². The maximum Gasteiger partial charge on any atom is 0.487 e.